The number of alkyl halides is 2. The van der Waals surface area contributed by atoms with Crippen molar-refractivity contribution in [3.05, 3.63) is 28.2 Å². The molecule has 2 rings (SSSR count). The fraction of sp³-hybridized carbons (Fsp3) is 0.333. The van der Waals surface area contributed by atoms with Gasteiger partial charge in [-0.3, -0.25) is 0 Å². The maximum absolute atomic E-state index is 12.3. The fourth-order valence-corrected chi connectivity index (χ4v) is 2.03. The summed E-state index contributed by atoms with van der Waals surface area (Å²) in [6.07, 6.45) is 3.70. The van der Waals surface area contributed by atoms with Crippen molar-refractivity contribution in [3.8, 4) is 11.5 Å². The second-order valence-corrected chi connectivity index (χ2v) is 5.06. The number of hydrogen-bond acceptors (Lipinski definition) is 2. The molecule has 0 bridgehead atoms. The minimum Gasteiger partial charge on any atom is -0.479 e. The lowest BCUT2D eigenvalue weighted by Gasteiger charge is -2.29. The van der Waals surface area contributed by atoms with Gasteiger partial charge in [-0.05, 0) is 32.1 Å². The van der Waals surface area contributed by atoms with Gasteiger partial charge in [0.25, 0.3) is 0 Å². The molecule has 0 aromatic heterocycles. The summed E-state index contributed by atoms with van der Waals surface area (Å²) < 4.78 is 35.4. The molecule has 0 saturated carbocycles. The highest BCUT2D eigenvalue weighted by Gasteiger charge is 2.26. The molecule has 1 aliphatic rings. The van der Waals surface area contributed by atoms with E-state index in [1.165, 1.54) is 6.07 Å². The SMILES string of the molecule is CC1(C)C=Cc2c(Br)ccc(OC(F)F)c2O1. The summed E-state index contributed by atoms with van der Waals surface area (Å²) in [5.74, 6) is 0.391. The molecule has 17 heavy (non-hydrogen) atoms. The molecule has 2 nitrogen and oxygen atoms in total. The molecule has 1 aromatic rings. The number of ether oxygens (including phenoxy) is 2. The highest BCUT2D eigenvalue weighted by atomic mass is 79.9. The first-order chi connectivity index (χ1) is 7.89. The van der Waals surface area contributed by atoms with Crippen molar-refractivity contribution in [3.63, 3.8) is 0 Å². The van der Waals surface area contributed by atoms with Gasteiger partial charge >= 0.3 is 6.61 Å². The Kier molecular flexibility index (Phi) is 3.12. The van der Waals surface area contributed by atoms with Crippen LogP contribution >= 0.6 is 15.9 Å². The van der Waals surface area contributed by atoms with Crippen LogP contribution in [0.2, 0.25) is 0 Å². The van der Waals surface area contributed by atoms with Gasteiger partial charge in [-0.1, -0.05) is 22.0 Å². The van der Waals surface area contributed by atoms with E-state index in [1.807, 2.05) is 26.0 Å². The van der Waals surface area contributed by atoms with Gasteiger partial charge in [-0.25, -0.2) is 0 Å². The number of fused-ring (bicyclic) bond motifs is 1. The van der Waals surface area contributed by atoms with E-state index >= 15 is 0 Å². The van der Waals surface area contributed by atoms with Gasteiger partial charge in [0.2, 0.25) is 0 Å². The van der Waals surface area contributed by atoms with Crippen LogP contribution in [0.1, 0.15) is 19.4 Å². The number of rotatable bonds is 2. The predicted octanol–water partition coefficient (Wildman–Crippen LogP) is 4.23. The maximum Gasteiger partial charge on any atom is 0.387 e. The molecule has 0 atom stereocenters. The summed E-state index contributed by atoms with van der Waals surface area (Å²) in [5, 5.41) is 0. The molecule has 5 heteroatoms. The summed E-state index contributed by atoms with van der Waals surface area (Å²) >= 11 is 3.35. The van der Waals surface area contributed by atoms with E-state index < -0.39 is 12.2 Å². The summed E-state index contributed by atoms with van der Waals surface area (Å²) in [7, 11) is 0. The molecule has 1 heterocycles. The van der Waals surface area contributed by atoms with Gasteiger partial charge < -0.3 is 9.47 Å². The zero-order valence-corrected chi connectivity index (χ0v) is 10.9. The second kappa shape index (κ2) is 4.29. The Morgan fingerprint density at radius 3 is 2.71 bits per heavy atom. The Morgan fingerprint density at radius 1 is 1.35 bits per heavy atom. The molecule has 1 aromatic carbocycles. The Balaban J connectivity index is 2.49. The third kappa shape index (κ3) is 2.60. The van der Waals surface area contributed by atoms with Crippen molar-refractivity contribution in [1.82, 2.24) is 0 Å². The number of benzene rings is 1. The van der Waals surface area contributed by atoms with Crippen LogP contribution in [0.4, 0.5) is 8.78 Å². The van der Waals surface area contributed by atoms with Crippen LogP contribution in [-0.4, -0.2) is 12.2 Å². The molecule has 0 fully saturated rings. The van der Waals surface area contributed by atoms with Crippen molar-refractivity contribution >= 4 is 22.0 Å². The molecule has 0 N–H and O–H groups in total. The lowest BCUT2D eigenvalue weighted by Crippen LogP contribution is -2.28. The molecular weight excluding hydrogens is 294 g/mol. The van der Waals surface area contributed by atoms with Gasteiger partial charge in [0.15, 0.2) is 11.5 Å². The van der Waals surface area contributed by atoms with E-state index in [1.54, 1.807) is 6.07 Å². The van der Waals surface area contributed by atoms with Crippen molar-refractivity contribution in [2.24, 2.45) is 0 Å². The van der Waals surface area contributed by atoms with Crippen molar-refractivity contribution < 1.29 is 18.3 Å². The predicted molar refractivity (Wildman–Crippen MR) is 64.5 cm³/mol. The van der Waals surface area contributed by atoms with Crippen LogP contribution in [0.3, 0.4) is 0 Å². The second-order valence-electron chi connectivity index (χ2n) is 4.21. The summed E-state index contributed by atoms with van der Waals surface area (Å²) in [4.78, 5) is 0. The Labute approximate surface area is 106 Å². The van der Waals surface area contributed by atoms with Crippen molar-refractivity contribution in [2.45, 2.75) is 26.1 Å². The minimum atomic E-state index is -2.86. The molecule has 92 valence electrons. The largest absolute Gasteiger partial charge is 0.479 e. The van der Waals surface area contributed by atoms with Crippen LogP contribution in [0.25, 0.3) is 6.08 Å². The Morgan fingerprint density at radius 2 is 2.06 bits per heavy atom. The molecular formula is C12H11BrF2O2. The highest BCUT2D eigenvalue weighted by molar-refractivity contribution is 9.10. The highest BCUT2D eigenvalue weighted by Crippen LogP contribution is 2.42. The standard InChI is InChI=1S/C12H11BrF2O2/c1-12(2)6-5-7-8(13)3-4-9(10(7)17-12)16-11(14)15/h3-6,11H,1-2H3. The van der Waals surface area contributed by atoms with E-state index in [-0.39, 0.29) is 5.75 Å². The first-order valence-corrected chi connectivity index (χ1v) is 5.84. The first kappa shape index (κ1) is 12.4. The van der Waals surface area contributed by atoms with E-state index in [0.29, 0.717) is 11.3 Å². The normalized spacial score (nSPS) is 16.6. The lowest BCUT2D eigenvalue weighted by molar-refractivity contribution is -0.0526. The average Bonchev–Trinajstić information content (AvgIpc) is 2.20. The van der Waals surface area contributed by atoms with Gasteiger partial charge in [0.05, 0.1) is 0 Å². The molecule has 0 aliphatic carbocycles. The smallest absolute Gasteiger partial charge is 0.387 e. The third-order valence-corrected chi connectivity index (χ3v) is 3.03. The van der Waals surface area contributed by atoms with Crippen molar-refractivity contribution in [1.29, 1.82) is 0 Å². The van der Waals surface area contributed by atoms with Crippen LogP contribution in [0.5, 0.6) is 11.5 Å². The van der Waals surface area contributed by atoms with Gasteiger partial charge in [0, 0.05) is 10.0 Å². The Hall–Kier alpha value is -1.10. The van der Waals surface area contributed by atoms with E-state index in [0.717, 1.165) is 4.47 Å². The van der Waals surface area contributed by atoms with Gasteiger partial charge in [-0.15, -0.1) is 0 Å². The summed E-state index contributed by atoms with van der Waals surface area (Å²) in [6.45, 7) is 0.830. The molecule has 0 saturated heterocycles. The number of halogens is 3. The third-order valence-electron chi connectivity index (χ3n) is 2.34. The van der Waals surface area contributed by atoms with Crippen molar-refractivity contribution in [2.75, 3.05) is 0 Å². The summed E-state index contributed by atoms with van der Waals surface area (Å²) in [5.41, 5.74) is 0.177. The molecule has 0 unspecified atom stereocenters. The fourth-order valence-electron chi connectivity index (χ4n) is 1.59. The van der Waals surface area contributed by atoms with Crippen LogP contribution in [0, 0.1) is 0 Å². The molecule has 0 spiro atoms. The average molecular weight is 305 g/mol. The Bertz CT molecular complexity index is 470. The summed E-state index contributed by atoms with van der Waals surface area (Å²) in [6, 6.07) is 3.12. The molecule has 1 aliphatic heterocycles. The van der Waals surface area contributed by atoms with Crippen LogP contribution in [-0.2, 0) is 0 Å². The molecule has 0 radical (unpaired) electrons. The topological polar surface area (TPSA) is 18.5 Å². The maximum atomic E-state index is 12.3. The molecule has 0 amide bonds. The zero-order valence-electron chi connectivity index (χ0n) is 9.34. The lowest BCUT2D eigenvalue weighted by atomic mass is 10.0. The zero-order chi connectivity index (χ0) is 12.6. The number of hydrogen-bond donors (Lipinski definition) is 0. The van der Waals surface area contributed by atoms with E-state index in [4.69, 9.17) is 4.74 Å². The quantitative estimate of drug-likeness (QED) is 0.814. The van der Waals surface area contributed by atoms with Gasteiger partial charge in [0.1, 0.15) is 5.60 Å². The van der Waals surface area contributed by atoms with E-state index in [2.05, 4.69) is 20.7 Å². The monoisotopic (exact) mass is 304 g/mol. The van der Waals surface area contributed by atoms with E-state index in [9.17, 15) is 8.78 Å². The van der Waals surface area contributed by atoms with Crippen LogP contribution in [0.15, 0.2) is 22.7 Å². The van der Waals surface area contributed by atoms with Crippen LogP contribution < -0.4 is 9.47 Å². The first-order valence-electron chi connectivity index (χ1n) is 5.04. The minimum absolute atomic E-state index is 0.0515. The van der Waals surface area contributed by atoms with Gasteiger partial charge in [-0.2, -0.15) is 8.78 Å².